The predicted molar refractivity (Wildman–Crippen MR) is 87.3 cm³/mol. The van der Waals surface area contributed by atoms with Gasteiger partial charge in [0.05, 0.1) is 0 Å². The zero-order chi connectivity index (χ0) is 14.8. The van der Waals surface area contributed by atoms with Gasteiger partial charge in [-0.3, -0.25) is 9.98 Å². The van der Waals surface area contributed by atoms with Gasteiger partial charge >= 0.3 is 0 Å². The van der Waals surface area contributed by atoms with Crippen molar-refractivity contribution in [3.05, 3.63) is 30.1 Å². The lowest BCUT2D eigenvalue weighted by Crippen LogP contribution is -2.33. The smallest absolute Gasteiger partial charge is 0.188 e. The molecule has 0 aromatic carbocycles. The van der Waals surface area contributed by atoms with E-state index >= 15 is 0 Å². The fraction of sp³-hybridized carbons (Fsp3) is 0.625. The van der Waals surface area contributed by atoms with Crippen LogP contribution in [0.4, 0.5) is 0 Å². The Balaban J connectivity index is 1.50. The first-order chi connectivity index (χ1) is 10.3. The Labute approximate surface area is 127 Å². The summed E-state index contributed by atoms with van der Waals surface area (Å²) in [6.45, 7) is 5.36. The van der Waals surface area contributed by atoms with Gasteiger partial charge < -0.3 is 16.0 Å². The molecule has 1 fully saturated rings. The van der Waals surface area contributed by atoms with Crippen LogP contribution in [0.15, 0.2) is 29.4 Å². The summed E-state index contributed by atoms with van der Waals surface area (Å²) >= 11 is 0. The number of guanidine groups is 1. The molecule has 1 aliphatic heterocycles. The van der Waals surface area contributed by atoms with E-state index in [1.165, 1.54) is 38.9 Å². The van der Waals surface area contributed by atoms with E-state index in [0.717, 1.165) is 31.6 Å². The molecule has 0 radical (unpaired) electrons. The largest absolute Gasteiger partial charge is 0.370 e. The summed E-state index contributed by atoms with van der Waals surface area (Å²) in [7, 11) is 0. The molecule has 0 aliphatic carbocycles. The molecule has 1 aliphatic rings. The zero-order valence-corrected chi connectivity index (χ0v) is 12.8. The SMILES string of the molecule is NC(=NCCCCN1CCCC1)NCCc1ccccn1. The van der Waals surface area contributed by atoms with Crippen molar-refractivity contribution in [3.63, 3.8) is 0 Å². The van der Waals surface area contributed by atoms with Crippen molar-refractivity contribution in [2.24, 2.45) is 10.7 Å². The molecule has 2 rings (SSSR count). The molecule has 2 heterocycles. The van der Waals surface area contributed by atoms with Crippen LogP contribution in [0.1, 0.15) is 31.4 Å². The molecular weight excluding hydrogens is 262 g/mol. The molecule has 0 unspecified atom stereocenters. The fourth-order valence-electron chi connectivity index (χ4n) is 2.57. The van der Waals surface area contributed by atoms with Crippen molar-refractivity contribution in [2.45, 2.75) is 32.1 Å². The second kappa shape index (κ2) is 9.34. The van der Waals surface area contributed by atoms with E-state index in [-0.39, 0.29) is 0 Å². The number of unbranched alkanes of at least 4 members (excludes halogenated alkanes) is 1. The fourth-order valence-corrected chi connectivity index (χ4v) is 2.57. The van der Waals surface area contributed by atoms with Crippen LogP contribution < -0.4 is 11.1 Å². The first-order valence-corrected chi connectivity index (χ1v) is 8.00. The first kappa shape index (κ1) is 15.8. The van der Waals surface area contributed by atoms with E-state index in [9.17, 15) is 0 Å². The minimum atomic E-state index is 0.548. The minimum Gasteiger partial charge on any atom is -0.370 e. The third kappa shape index (κ3) is 6.58. The number of nitrogens with one attached hydrogen (secondary N) is 1. The molecule has 0 bridgehead atoms. The Morgan fingerprint density at radius 1 is 1.29 bits per heavy atom. The average molecular weight is 289 g/mol. The van der Waals surface area contributed by atoms with Gasteiger partial charge in [0.2, 0.25) is 0 Å². The van der Waals surface area contributed by atoms with Crippen LogP contribution in [-0.2, 0) is 6.42 Å². The molecular formula is C16H27N5. The number of nitrogens with zero attached hydrogens (tertiary/aromatic N) is 3. The monoisotopic (exact) mass is 289 g/mol. The van der Waals surface area contributed by atoms with Crippen molar-refractivity contribution >= 4 is 5.96 Å². The van der Waals surface area contributed by atoms with Gasteiger partial charge in [-0.25, -0.2) is 0 Å². The number of hydrogen-bond donors (Lipinski definition) is 2. The maximum Gasteiger partial charge on any atom is 0.188 e. The Morgan fingerprint density at radius 3 is 2.90 bits per heavy atom. The average Bonchev–Trinajstić information content (AvgIpc) is 3.01. The molecule has 3 N–H and O–H groups in total. The van der Waals surface area contributed by atoms with Crippen molar-refractivity contribution in [1.82, 2.24) is 15.2 Å². The summed E-state index contributed by atoms with van der Waals surface area (Å²) in [5, 5.41) is 3.14. The molecule has 0 spiro atoms. The van der Waals surface area contributed by atoms with Gasteiger partial charge in [-0.15, -0.1) is 0 Å². The van der Waals surface area contributed by atoms with Crippen LogP contribution in [0, 0.1) is 0 Å². The molecule has 1 saturated heterocycles. The third-order valence-electron chi connectivity index (χ3n) is 3.78. The van der Waals surface area contributed by atoms with Gasteiger partial charge in [-0.1, -0.05) is 6.07 Å². The van der Waals surface area contributed by atoms with Crippen LogP contribution in [0.5, 0.6) is 0 Å². The zero-order valence-electron chi connectivity index (χ0n) is 12.8. The minimum absolute atomic E-state index is 0.548. The van der Waals surface area contributed by atoms with Gasteiger partial charge in [-0.05, 0) is 57.5 Å². The lowest BCUT2D eigenvalue weighted by Gasteiger charge is -2.13. The van der Waals surface area contributed by atoms with Crippen molar-refractivity contribution in [3.8, 4) is 0 Å². The van der Waals surface area contributed by atoms with E-state index in [0.29, 0.717) is 5.96 Å². The highest BCUT2D eigenvalue weighted by molar-refractivity contribution is 5.77. The van der Waals surface area contributed by atoms with Crippen LogP contribution in [0.3, 0.4) is 0 Å². The van der Waals surface area contributed by atoms with Crippen LogP contribution >= 0.6 is 0 Å². The predicted octanol–water partition coefficient (Wildman–Crippen LogP) is 1.40. The highest BCUT2D eigenvalue weighted by Crippen LogP contribution is 2.08. The van der Waals surface area contributed by atoms with Crippen LogP contribution in [0.2, 0.25) is 0 Å². The maximum absolute atomic E-state index is 5.85. The number of likely N-dealkylation sites (tertiary alicyclic amines) is 1. The Morgan fingerprint density at radius 2 is 2.14 bits per heavy atom. The number of aliphatic imine (C=N–C) groups is 1. The summed E-state index contributed by atoms with van der Waals surface area (Å²) in [4.78, 5) is 11.2. The summed E-state index contributed by atoms with van der Waals surface area (Å²) in [5.74, 6) is 0.548. The topological polar surface area (TPSA) is 66.5 Å². The molecule has 116 valence electrons. The normalized spacial score (nSPS) is 16.3. The van der Waals surface area contributed by atoms with Crippen LogP contribution in [-0.4, -0.2) is 48.6 Å². The molecule has 21 heavy (non-hydrogen) atoms. The maximum atomic E-state index is 5.85. The van der Waals surface area contributed by atoms with Crippen molar-refractivity contribution < 1.29 is 0 Å². The number of hydrogen-bond acceptors (Lipinski definition) is 3. The number of aromatic nitrogens is 1. The molecule has 5 heteroatoms. The lowest BCUT2D eigenvalue weighted by molar-refractivity contribution is 0.331. The standard InChI is InChI=1S/C16H27N5/c17-16(20-11-8-15-7-1-2-9-18-15)19-10-3-4-12-21-13-5-6-14-21/h1-2,7,9H,3-6,8,10-14H2,(H3,17,19,20). The second-order valence-electron chi connectivity index (χ2n) is 5.52. The van der Waals surface area contributed by atoms with E-state index < -0.39 is 0 Å². The number of nitrogens with two attached hydrogens (primary N) is 1. The summed E-state index contributed by atoms with van der Waals surface area (Å²) in [5.41, 5.74) is 6.92. The van der Waals surface area contributed by atoms with E-state index in [2.05, 4.69) is 20.2 Å². The van der Waals surface area contributed by atoms with E-state index in [1.807, 2.05) is 24.4 Å². The highest BCUT2D eigenvalue weighted by atomic mass is 15.1. The summed E-state index contributed by atoms with van der Waals surface area (Å²) in [6, 6.07) is 5.95. The molecule has 1 aromatic heterocycles. The van der Waals surface area contributed by atoms with Gasteiger partial charge in [0, 0.05) is 31.4 Å². The van der Waals surface area contributed by atoms with Crippen LogP contribution in [0.25, 0.3) is 0 Å². The molecule has 5 nitrogen and oxygen atoms in total. The first-order valence-electron chi connectivity index (χ1n) is 8.00. The number of rotatable bonds is 8. The van der Waals surface area contributed by atoms with Crippen molar-refractivity contribution in [1.29, 1.82) is 0 Å². The van der Waals surface area contributed by atoms with Gasteiger partial charge in [0.1, 0.15) is 0 Å². The third-order valence-corrected chi connectivity index (χ3v) is 3.78. The Bertz CT molecular complexity index is 412. The lowest BCUT2D eigenvalue weighted by atomic mass is 10.3. The van der Waals surface area contributed by atoms with Gasteiger partial charge in [0.15, 0.2) is 5.96 Å². The van der Waals surface area contributed by atoms with E-state index in [1.54, 1.807) is 0 Å². The Hall–Kier alpha value is -1.62. The van der Waals surface area contributed by atoms with Gasteiger partial charge in [0.25, 0.3) is 0 Å². The van der Waals surface area contributed by atoms with E-state index in [4.69, 9.17) is 5.73 Å². The molecule has 1 aromatic rings. The summed E-state index contributed by atoms with van der Waals surface area (Å²) < 4.78 is 0. The molecule has 0 amide bonds. The second-order valence-corrected chi connectivity index (χ2v) is 5.52. The van der Waals surface area contributed by atoms with Crippen molar-refractivity contribution in [2.75, 3.05) is 32.7 Å². The summed E-state index contributed by atoms with van der Waals surface area (Å²) in [6.07, 6.45) is 7.74. The Kier molecular flexibility index (Phi) is 7.01. The molecule has 0 atom stereocenters. The molecule has 0 saturated carbocycles. The highest BCUT2D eigenvalue weighted by Gasteiger charge is 2.09. The quantitative estimate of drug-likeness (QED) is 0.431. The van der Waals surface area contributed by atoms with Gasteiger partial charge in [-0.2, -0.15) is 0 Å². The number of pyridine rings is 1.